The third-order valence-corrected chi connectivity index (χ3v) is 3.60. The molecule has 8 heteroatoms. The fourth-order valence-electron chi connectivity index (χ4n) is 1.69. The number of alkyl halides is 3. The Hall–Kier alpha value is -2.09. The first-order chi connectivity index (χ1) is 10.4. The third kappa shape index (κ3) is 4.45. The zero-order valence-corrected chi connectivity index (χ0v) is 12.4. The van der Waals surface area contributed by atoms with Crippen LogP contribution in [0.15, 0.2) is 29.6 Å². The van der Waals surface area contributed by atoms with E-state index in [2.05, 4.69) is 15.0 Å². The molecule has 0 bridgehead atoms. The number of halogens is 3. The molecule has 22 heavy (non-hydrogen) atoms. The Morgan fingerprint density at radius 1 is 1.32 bits per heavy atom. The Labute approximate surface area is 128 Å². The molecule has 0 aliphatic rings. The van der Waals surface area contributed by atoms with Crippen molar-refractivity contribution < 1.29 is 22.7 Å². The van der Waals surface area contributed by atoms with Crippen LogP contribution in [-0.4, -0.2) is 18.1 Å². The molecule has 0 aliphatic heterocycles. The van der Waals surface area contributed by atoms with Crippen molar-refractivity contribution in [2.45, 2.75) is 19.0 Å². The zero-order chi connectivity index (χ0) is 16.2. The minimum Gasteiger partial charge on any atom is -0.469 e. The number of carbonyl (C=O) groups excluding carboxylic acids is 1. The van der Waals surface area contributed by atoms with E-state index in [9.17, 15) is 18.0 Å². The Morgan fingerprint density at radius 3 is 2.55 bits per heavy atom. The van der Waals surface area contributed by atoms with E-state index in [1.165, 1.54) is 7.11 Å². The van der Waals surface area contributed by atoms with E-state index >= 15 is 0 Å². The van der Waals surface area contributed by atoms with Crippen LogP contribution in [0.4, 0.5) is 24.0 Å². The van der Waals surface area contributed by atoms with Gasteiger partial charge in [0, 0.05) is 17.5 Å². The standard InChI is InChI=1S/C14H13F3N2O2S/c1-21-12(20)7-4-9-2-5-10(6-3-9)18-13-19-11(8-22-13)14(15,16)17/h2-3,5-6,8H,4,7H2,1H3,(H,18,19). The van der Waals surface area contributed by atoms with Crippen molar-refractivity contribution in [3.8, 4) is 0 Å². The molecule has 1 N–H and O–H groups in total. The van der Waals surface area contributed by atoms with E-state index in [1.54, 1.807) is 24.3 Å². The fourth-order valence-corrected chi connectivity index (χ4v) is 2.43. The smallest absolute Gasteiger partial charge is 0.434 e. The molecule has 0 spiro atoms. The van der Waals surface area contributed by atoms with Crippen molar-refractivity contribution in [3.05, 3.63) is 40.9 Å². The van der Waals surface area contributed by atoms with Gasteiger partial charge >= 0.3 is 12.1 Å². The van der Waals surface area contributed by atoms with Gasteiger partial charge in [-0.15, -0.1) is 11.3 Å². The van der Waals surface area contributed by atoms with Crippen molar-refractivity contribution in [1.29, 1.82) is 0 Å². The van der Waals surface area contributed by atoms with Crippen LogP contribution in [0.3, 0.4) is 0 Å². The lowest BCUT2D eigenvalue weighted by molar-refractivity contribution is -0.141. The summed E-state index contributed by atoms with van der Waals surface area (Å²) in [5.41, 5.74) is 0.658. The number of benzene rings is 1. The van der Waals surface area contributed by atoms with E-state index in [4.69, 9.17) is 0 Å². The average molecular weight is 330 g/mol. The van der Waals surface area contributed by atoms with Gasteiger partial charge < -0.3 is 10.1 Å². The predicted octanol–water partition coefficient (Wildman–Crippen LogP) is 4.01. The SMILES string of the molecule is COC(=O)CCc1ccc(Nc2nc(C(F)(F)F)cs2)cc1. The van der Waals surface area contributed by atoms with Gasteiger partial charge in [-0.05, 0) is 24.1 Å². The quantitative estimate of drug-likeness (QED) is 0.842. The van der Waals surface area contributed by atoms with Crippen LogP contribution in [-0.2, 0) is 22.1 Å². The maximum atomic E-state index is 12.5. The molecule has 0 unspecified atom stereocenters. The molecule has 2 aromatic rings. The predicted molar refractivity (Wildman–Crippen MR) is 77.2 cm³/mol. The van der Waals surface area contributed by atoms with E-state index in [1.807, 2.05) is 0 Å². The first-order valence-corrected chi connectivity index (χ1v) is 7.22. The highest BCUT2D eigenvalue weighted by molar-refractivity contribution is 7.13. The number of carbonyl (C=O) groups is 1. The summed E-state index contributed by atoms with van der Waals surface area (Å²) in [6.45, 7) is 0. The second kappa shape index (κ2) is 6.78. The maximum Gasteiger partial charge on any atom is 0.434 e. The topological polar surface area (TPSA) is 51.2 Å². The Balaban J connectivity index is 1.96. The lowest BCUT2D eigenvalue weighted by Crippen LogP contribution is -2.05. The number of nitrogens with zero attached hydrogens (tertiary/aromatic N) is 1. The first kappa shape index (κ1) is 16.3. The Bertz CT molecular complexity index is 638. The molecule has 0 aliphatic carbocycles. The van der Waals surface area contributed by atoms with E-state index in [-0.39, 0.29) is 17.5 Å². The number of hydrogen-bond acceptors (Lipinski definition) is 5. The van der Waals surface area contributed by atoms with Crippen LogP contribution in [0.1, 0.15) is 17.7 Å². The monoisotopic (exact) mass is 330 g/mol. The number of methoxy groups -OCH3 is 1. The molecular weight excluding hydrogens is 317 g/mol. The van der Waals surface area contributed by atoms with Crippen LogP contribution in [0.25, 0.3) is 0 Å². The second-order valence-corrected chi connectivity index (χ2v) is 5.29. The molecule has 4 nitrogen and oxygen atoms in total. The molecule has 0 saturated heterocycles. The molecule has 2 rings (SSSR count). The number of esters is 1. The summed E-state index contributed by atoms with van der Waals surface area (Å²) in [5, 5.41) is 3.96. The van der Waals surface area contributed by atoms with Gasteiger partial charge in [-0.25, -0.2) is 4.98 Å². The Morgan fingerprint density at radius 2 is 2.00 bits per heavy atom. The molecule has 1 aromatic heterocycles. The van der Waals surface area contributed by atoms with Crippen molar-refractivity contribution >= 4 is 28.1 Å². The van der Waals surface area contributed by atoms with Crippen LogP contribution >= 0.6 is 11.3 Å². The lowest BCUT2D eigenvalue weighted by Gasteiger charge is -2.05. The fraction of sp³-hybridized carbons (Fsp3) is 0.286. The minimum atomic E-state index is -4.44. The zero-order valence-electron chi connectivity index (χ0n) is 11.6. The lowest BCUT2D eigenvalue weighted by atomic mass is 10.1. The molecule has 0 radical (unpaired) electrons. The average Bonchev–Trinajstić information content (AvgIpc) is 2.95. The van der Waals surface area contributed by atoms with Crippen LogP contribution in [0.5, 0.6) is 0 Å². The van der Waals surface area contributed by atoms with Crippen molar-refractivity contribution in [1.82, 2.24) is 4.98 Å². The summed E-state index contributed by atoms with van der Waals surface area (Å²) in [6, 6.07) is 7.04. The molecule has 0 amide bonds. The van der Waals surface area contributed by atoms with Gasteiger partial charge in [-0.2, -0.15) is 13.2 Å². The van der Waals surface area contributed by atoms with Crippen LogP contribution in [0, 0.1) is 0 Å². The van der Waals surface area contributed by atoms with Gasteiger partial charge in [-0.3, -0.25) is 4.79 Å². The molecule has 118 valence electrons. The second-order valence-electron chi connectivity index (χ2n) is 4.43. The minimum absolute atomic E-state index is 0.176. The maximum absolute atomic E-state index is 12.5. The number of nitrogens with one attached hydrogen (secondary N) is 1. The summed E-state index contributed by atoms with van der Waals surface area (Å²) in [4.78, 5) is 14.5. The number of thiazole rings is 1. The number of aryl methyl sites for hydroxylation is 1. The van der Waals surface area contributed by atoms with Gasteiger partial charge in [-0.1, -0.05) is 12.1 Å². The number of rotatable bonds is 5. The summed E-state index contributed by atoms with van der Waals surface area (Å²) in [7, 11) is 1.33. The Kier molecular flexibility index (Phi) is 5.02. The van der Waals surface area contributed by atoms with Gasteiger partial charge in [0.05, 0.1) is 7.11 Å². The van der Waals surface area contributed by atoms with E-state index in [0.717, 1.165) is 22.3 Å². The summed E-state index contributed by atoms with van der Waals surface area (Å²) in [5.74, 6) is -0.287. The highest BCUT2D eigenvalue weighted by Crippen LogP contribution is 2.32. The normalized spacial score (nSPS) is 11.3. The molecule has 1 aromatic carbocycles. The molecule has 1 heterocycles. The van der Waals surface area contributed by atoms with Gasteiger partial charge in [0.25, 0.3) is 0 Å². The summed E-state index contributed by atoms with van der Waals surface area (Å²) in [6.07, 6.45) is -3.61. The highest BCUT2D eigenvalue weighted by Gasteiger charge is 2.33. The van der Waals surface area contributed by atoms with Gasteiger partial charge in [0.1, 0.15) is 0 Å². The number of anilines is 2. The highest BCUT2D eigenvalue weighted by atomic mass is 32.1. The third-order valence-electron chi connectivity index (χ3n) is 2.85. The number of ether oxygens (including phenoxy) is 1. The summed E-state index contributed by atoms with van der Waals surface area (Å²) < 4.78 is 41.9. The molecule has 0 atom stereocenters. The van der Waals surface area contributed by atoms with Gasteiger partial charge in [0.15, 0.2) is 10.8 Å². The van der Waals surface area contributed by atoms with Gasteiger partial charge in [0.2, 0.25) is 0 Å². The van der Waals surface area contributed by atoms with Crippen molar-refractivity contribution in [2.24, 2.45) is 0 Å². The number of hydrogen-bond donors (Lipinski definition) is 1. The van der Waals surface area contributed by atoms with Crippen LogP contribution < -0.4 is 5.32 Å². The van der Waals surface area contributed by atoms with E-state index < -0.39 is 11.9 Å². The molecule has 0 saturated carbocycles. The van der Waals surface area contributed by atoms with Crippen molar-refractivity contribution in [3.63, 3.8) is 0 Å². The first-order valence-electron chi connectivity index (χ1n) is 6.34. The van der Waals surface area contributed by atoms with Crippen molar-refractivity contribution in [2.75, 3.05) is 12.4 Å². The number of aromatic nitrogens is 1. The van der Waals surface area contributed by atoms with Crippen LogP contribution in [0.2, 0.25) is 0 Å². The molecule has 0 fully saturated rings. The largest absolute Gasteiger partial charge is 0.469 e. The summed E-state index contributed by atoms with van der Waals surface area (Å²) >= 11 is 0.889. The van der Waals surface area contributed by atoms with E-state index in [0.29, 0.717) is 12.1 Å². The molecular formula is C14H13F3N2O2S.